The molecule has 0 aliphatic heterocycles. The zero-order valence-electron chi connectivity index (χ0n) is 9.02. The Bertz CT molecular complexity index is 241. The summed E-state index contributed by atoms with van der Waals surface area (Å²) in [5.41, 5.74) is 0. The third-order valence-electron chi connectivity index (χ3n) is 1.81. The van der Waals surface area contributed by atoms with Gasteiger partial charge in [-0.25, -0.2) is 8.42 Å². The Morgan fingerprint density at radius 2 is 2.07 bits per heavy atom. The molecule has 0 radical (unpaired) electrons. The maximum absolute atomic E-state index is 10.8. The summed E-state index contributed by atoms with van der Waals surface area (Å²) >= 11 is 0. The minimum absolute atomic E-state index is 0.135. The van der Waals surface area contributed by atoms with Crippen molar-refractivity contribution in [3.05, 3.63) is 0 Å². The summed E-state index contributed by atoms with van der Waals surface area (Å²) in [7, 11) is 0.653. The number of aliphatic hydroxyl groups is 1. The fourth-order valence-corrected chi connectivity index (χ4v) is 1.72. The molecule has 0 heterocycles. The fraction of sp³-hybridized carbons (Fsp3) is 1.00. The van der Waals surface area contributed by atoms with Crippen LogP contribution in [0.2, 0.25) is 0 Å². The number of nitrogens with one attached hydrogen (secondary N) is 1. The number of likely N-dealkylation sites (N-methyl/N-ethyl adjacent to an activating group) is 2. The van der Waals surface area contributed by atoms with Gasteiger partial charge < -0.3 is 15.3 Å². The molecule has 2 N–H and O–H groups in total. The van der Waals surface area contributed by atoms with Crippen LogP contribution in [0.5, 0.6) is 0 Å². The number of rotatable bonds is 7. The monoisotopic (exact) mass is 224 g/mol. The zero-order valence-corrected chi connectivity index (χ0v) is 9.84. The van der Waals surface area contributed by atoms with E-state index >= 15 is 0 Å². The predicted molar refractivity (Wildman–Crippen MR) is 57.1 cm³/mol. The van der Waals surface area contributed by atoms with Gasteiger partial charge in [0.15, 0.2) is 0 Å². The smallest absolute Gasteiger partial charge is 0.148 e. The van der Waals surface area contributed by atoms with Crippen molar-refractivity contribution in [2.75, 3.05) is 45.7 Å². The van der Waals surface area contributed by atoms with Crippen molar-refractivity contribution in [1.29, 1.82) is 0 Å². The summed E-state index contributed by atoms with van der Waals surface area (Å²) in [6, 6.07) is 0. The highest BCUT2D eigenvalue weighted by atomic mass is 32.2. The second-order valence-electron chi connectivity index (χ2n) is 3.60. The summed E-state index contributed by atoms with van der Waals surface area (Å²) in [6.07, 6.45) is 0.759. The van der Waals surface area contributed by atoms with E-state index in [1.165, 1.54) is 6.26 Å². The molecule has 0 aliphatic carbocycles. The van der Waals surface area contributed by atoms with Crippen molar-refractivity contribution < 1.29 is 13.5 Å². The average molecular weight is 224 g/mol. The number of sulfone groups is 1. The van der Waals surface area contributed by atoms with Crippen LogP contribution >= 0.6 is 0 Å². The van der Waals surface area contributed by atoms with Gasteiger partial charge in [-0.1, -0.05) is 0 Å². The maximum Gasteiger partial charge on any atom is 0.148 e. The van der Waals surface area contributed by atoms with E-state index in [4.69, 9.17) is 0 Å². The molecule has 0 rings (SSSR count). The molecule has 1 unspecified atom stereocenters. The van der Waals surface area contributed by atoms with Crippen LogP contribution in [0.1, 0.15) is 0 Å². The minimum Gasteiger partial charge on any atom is -0.390 e. The van der Waals surface area contributed by atoms with E-state index in [1.807, 2.05) is 4.90 Å². The van der Waals surface area contributed by atoms with Crippen LogP contribution in [0, 0.1) is 0 Å². The van der Waals surface area contributed by atoms with E-state index in [2.05, 4.69) is 5.32 Å². The van der Waals surface area contributed by atoms with Crippen LogP contribution in [0.4, 0.5) is 0 Å². The Hall–Kier alpha value is -0.170. The average Bonchev–Trinajstić information content (AvgIpc) is 2.00. The largest absolute Gasteiger partial charge is 0.390 e. The van der Waals surface area contributed by atoms with Gasteiger partial charge in [0.05, 0.1) is 11.9 Å². The van der Waals surface area contributed by atoms with Gasteiger partial charge in [0.1, 0.15) is 9.84 Å². The second kappa shape index (κ2) is 6.34. The Kier molecular flexibility index (Phi) is 6.26. The van der Waals surface area contributed by atoms with Gasteiger partial charge in [-0.05, 0) is 14.1 Å². The van der Waals surface area contributed by atoms with Crippen molar-refractivity contribution in [1.82, 2.24) is 10.2 Å². The normalized spacial score (nSPS) is 14.6. The minimum atomic E-state index is -2.91. The van der Waals surface area contributed by atoms with Crippen LogP contribution in [-0.4, -0.2) is 70.3 Å². The fourth-order valence-electron chi connectivity index (χ4n) is 1.07. The van der Waals surface area contributed by atoms with Crippen LogP contribution < -0.4 is 5.32 Å². The van der Waals surface area contributed by atoms with E-state index in [-0.39, 0.29) is 5.75 Å². The SMILES string of the molecule is CNCC(O)CN(C)CCS(C)(=O)=O. The first-order chi connectivity index (χ1) is 6.35. The summed E-state index contributed by atoms with van der Waals surface area (Å²) in [6.45, 7) is 1.46. The van der Waals surface area contributed by atoms with Gasteiger partial charge in [0, 0.05) is 25.9 Å². The molecule has 0 fully saturated rings. The van der Waals surface area contributed by atoms with E-state index < -0.39 is 15.9 Å². The summed E-state index contributed by atoms with van der Waals surface area (Å²) in [4.78, 5) is 1.81. The Morgan fingerprint density at radius 3 is 2.50 bits per heavy atom. The number of nitrogens with zero attached hydrogens (tertiary/aromatic N) is 1. The maximum atomic E-state index is 10.8. The highest BCUT2D eigenvalue weighted by Crippen LogP contribution is 1.90. The van der Waals surface area contributed by atoms with E-state index in [1.54, 1.807) is 14.1 Å². The van der Waals surface area contributed by atoms with Gasteiger partial charge in [-0.2, -0.15) is 0 Å². The number of hydrogen-bond donors (Lipinski definition) is 2. The van der Waals surface area contributed by atoms with Crippen LogP contribution in [0.3, 0.4) is 0 Å². The molecule has 0 bridgehead atoms. The summed E-state index contributed by atoms with van der Waals surface area (Å²) in [5, 5.41) is 12.2. The lowest BCUT2D eigenvalue weighted by molar-refractivity contribution is 0.129. The van der Waals surface area contributed by atoms with E-state index in [0.29, 0.717) is 19.6 Å². The van der Waals surface area contributed by atoms with Gasteiger partial charge in [-0.3, -0.25) is 0 Å². The van der Waals surface area contributed by atoms with Gasteiger partial charge in [-0.15, -0.1) is 0 Å². The highest BCUT2D eigenvalue weighted by molar-refractivity contribution is 7.90. The molecule has 0 aliphatic rings. The topological polar surface area (TPSA) is 69.6 Å². The molecule has 1 atom stereocenters. The van der Waals surface area contributed by atoms with Crippen molar-refractivity contribution in [3.8, 4) is 0 Å². The molecule has 0 aromatic heterocycles. The number of aliphatic hydroxyl groups excluding tert-OH is 1. The quantitative estimate of drug-likeness (QED) is 0.553. The molecule has 14 heavy (non-hydrogen) atoms. The predicted octanol–water partition coefficient (Wildman–Crippen LogP) is -1.46. The molecular formula is C8H20N2O3S. The van der Waals surface area contributed by atoms with Crippen LogP contribution in [0.25, 0.3) is 0 Å². The Balaban J connectivity index is 3.70. The molecule has 0 saturated carbocycles. The van der Waals surface area contributed by atoms with Gasteiger partial charge >= 0.3 is 0 Å². The van der Waals surface area contributed by atoms with Crippen molar-refractivity contribution >= 4 is 9.84 Å². The highest BCUT2D eigenvalue weighted by Gasteiger charge is 2.09. The third kappa shape index (κ3) is 8.43. The molecule has 0 aromatic carbocycles. The first-order valence-corrected chi connectivity index (χ1v) is 6.60. The Labute approximate surface area is 86.0 Å². The third-order valence-corrected chi connectivity index (χ3v) is 2.73. The van der Waals surface area contributed by atoms with Crippen LogP contribution in [0.15, 0.2) is 0 Å². The number of hydrogen-bond acceptors (Lipinski definition) is 5. The Morgan fingerprint density at radius 1 is 1.50 bits per heavy atom. The van der Waals surface area contributed by atoms with E-state index in [0.717, 1.165) is 0 Å². The van der Waals surface area contributed by atoms with Crippen LogP contribution in [-0.2, 0) is 9.84 Å². The summed E-state index contributed by atoms with van der Waals surface area (Å²) < 4.78 is 21.7. The summed E-state index contributed by atoms with van der Waals surface area (Å²) in [5.74, 6) is 0.135. The van der Waals surface area contributed by atoms with Gasteiger partial charge in [0.25, 0.3) is 0 Å². The molecule has 5 nitrogen and oxygen atoms in total. The van der Waals surface area contributed by atoms with Gasteiger partial charge in [0.2, 0.25) is 0 Å². The molecule has 0 amide bonds. The lowest BCUT2D eigenvalue weighted by Crippen LogP contribution is -2.37. The van der Waals surface area contributed by atoms with E-state index in [9.17, 15) is 13.5 Å². The molecule has 0 spiro atoms. The first-order valence-electron chi connectivity index (χ1n) is 4.54. The second-order valence-corrected chi connectivity index (χ2v) is 5.86. The van der Waals surface area contributed by atoms with Crippen molar-refractivity contribution in [2.45, 2.75) is 6.10 Å². The molecule has 0 saturated heterocycles. The standard InChI is InChI=1S/C8H20N2O3S/c1-9-6-8(11)7-10(2)4-5-14(3,12)13/h8-9,11H,4-7H2,1-3H3. The molecule has 0 aromatic rings. The molecule has 6 heteroatoms. The lowest BCUT2D eigenvalue weighted by atomic mass is 10.3. The zero-order chi connectivity index (χ0) is 11.2. The van der Waals surface area contributed by atoms with Crippen molar-refractivity contribution in [2.24, 2.45) is 0 Å². The molecule has 86 valence electrons. The van der Waals surface area contributed by atoms with Crippen molar-refractivity contribution in [3.63, 3.8) is 0 Å². The first kappa shape index (κ1) is 13.8. The lowest BCUT2D eigenvalue weighted by Gasteiger charge is -2.19. The molecular weight excluding hydrogens is 204 g/mol.